The van der Waals surface area contributed by atoms with Gasteiger partial charge in [0.05, 0.1) is 25.6 Å². The number of ether oxygens (including phenoxy) is 2. The van der Waals surface area contributed by atoms with E-state index in [4.69, 9.17) is 15.2 Å². The molecule has 0 aliphatic heterocycles. The summed E-state index contributed by atoms with van der Waals surface area (Å²) in [5.74, 6) is 0.371. The van der Waals surface area contributed by atoms with Crippen LogP contribution in [0.1, 0.15) is 25.9 Å². The van der Waals surface area contributed by atoms with Crippen LogP contribution in [0.3, 0.4) is 0 Å². The van der Waals surface area contributed by atoms with Crippen LogP contribution in [0.2, 0.25) is 0 Å². The smallest absolute Gasteiger partial charge is 0.269 e. The van der Waals surface area contributed by atoms with Crippen molar-refractivity contribution in [3.8, 4) is 27.8 Å². The first-order chi connectivity index (χ1) is 15.9. The van der Waals surface area contributed by atoms with Gasteiger partial charge in [0, 0.05) is 17.4 Å². The number of amides is 2. The van der Waals surface area contributed by atoms with Gasteiger partial charge in [-0.25, -0.2) is 9.67 Å². The number of carbonyl (C=O) groups is 2. The minimum Gasteiger partial charge on any atom is -0.493 e. The summed E-state index contributed by atoms with van der Waals surface area (Å²) in [6.45, 7) is 1.80. The Labute approximate surface area is 193 Å². The molecule has 2 heterocycles. The molecule has 4 aromatic rings. The van der Waals surface area contributed by atoms with Gasteiger partial charge in [-0.05, 0) is 55.5 Å². The van der Waals surface area contributed by atoms with Crippen LogP contribution in [0.25, 0.3) is 16.3 Å². The summed E-state index contributed by atoms with van der Waals surface area (Å²) in [4.78, 5) is 29.2. The lowest BCUT2D eigenvalue weighted by atomic mass is 10.2. The van der Waals surface area contributed by atoms with Crippen LogP contribution in [0.15, 0.2) is 54.7 Å². The van der Waals surface area contributed by atoms with Gasteiger partial charge in [-0.2, -0.15) is 5.10 Å². The highest BCUT2D eigenvalue weighted by Crippen LogP contribution is 2.35. The fourth-order valence-electron chi connectivity index (χ4n) is 3.18. The minimum atomic E-state index is -0.593. The molecule has 3 N–H and O–H groups in total. The largest absolute Gasteiger partial charge is 0.493 e. The number of hydrogen-bond donors (Lipinski definition) is 2. The first-order valence-electron chi connectivity index (χ1n) is 9.86. The van der Waals surface area contributed by atoms with Gasteiger partial charge in [0.25, 0.3) is 11.8 Å². The van der Waals surface area contributed by atoms with Crippen LogP contribution in [-0.4, -0.2) is 40.8 Å². The number of carbonyl (C=O) groups excluding carboxylic acids is 2. The second-order valence-electron chi connectivity index (χ2n) is 7.01. The lowest BCUT2D eigenvalue weighted by Crippen LogP contribution is -2.12. The molecular weight excluding hydrogens is 442 g/mol. The number of nitrogens with two attached hydrogens (primary N) is 1. The zero-order chi connectivity index (χ0) is 23.5. The minimum absolute atomic E-state index is 0.179. The predicted molar refractivity (Wildman–Crippen MR) is 125 cm³/mol. The van der Waals surface area contributed by atoms with Gasteiger partial charge in [-0.15, -0.1) is 11.3 Å². The van der Waals surface area contributed by atoms with Crippen molar-refractivity contribution in [2.24, 2.45) is 5.73 Å². The standard InChI is InChI=1S/C23H21N5O4S/c1-13-20(33-23(25-13)14-4-9-18(31-2)19(12-14)32-3)22(30)26-15-5-7-16(8-6-15)28-11-10-17(27-28)21(24)29/h4-12H,1-3H3,(H2,24,29)(H,26,30). The molecule has 0 spiro atoms. The number of nitrogens with zero attached hydrogens (tertiary/aromatic N) is 3. The van der Waals surface area contributed by atoms with Crippen molar-refractivity contribution in [1.82, 2.24) is 14.8 Å². The summed E-state index contributed by atoms with van der Waals surface area (Å²) in [7, 11) is 3.15. The van der Waals surface area contributed by atoms with Crippen molar-refractivity contribution in [1.29, 1.82) is 0 Å². The van der Waals surface area contributed by atoms with Crippen LogP contribution < -0.4 is 20.5 Å². The Balaban J connectivity index is 1.51. The van der Waals surface area contributed by atoms with Gasteiger partial charge in [-0.1, -0.05) is 0 Å². The lowest BCUT2D eigenvalue weighted by molar-refractivity contribution is 0.0993. The highest BCUT2D eigenvalue weighted by molar-refractivity contribution is 7.17. The number of hydrogen-bond acceptors (Lipinski definition) is 7. The summed E-state index contributed by atoms with van der Waals surface area (Å²) in [6, 6.07) is 14.1. The lowest BCUT2D eigenvalue weighted by Gasteiger charge is -2.08. The molecule has 9 nitrogen and oxygen atoms in total. The molecule has 2 aromatic heterocycles. The number of aromatic nitrogens is 3. The Morgan fingerprint density at radius 1 is 1.03 bits per heavy atom. The summed E-state index contributed by atoms with van der Waals surface area (Å²) in [5.41, 5.74) is 8.23. The van der Waals surface area contributed by atoms with Crippen molar-refractivity contribution in [3.63, 3.8) is 0 Å². The van der Waals surface area contributed by atoms with Crippen molar-refractivity contribution >= 4 is 28.8 Å². The van der Waals surface area contributed by atoms with Gasteiger partial charge in [-0.3, -0.25) is 9.59 Å². The Morgan fingerprint density at radius 2 is 1.76 bits per heavy atom. The maximum Gasteiger partial charge on any atom is 0.269 e. The fraction of sp³-hybridized carbons (Fsp3) is 0.130. The van der Waals surface area contributed by atoms with Crippen molar-refractivity contribution in [3.05, 3.63) is 71.0 Å². The Bertz CT molecular complexity index is 1330. The summed E-state index contributed by atoms with van der Waals surface area (Å²) in [6.07, 6.45) is 1.64. The maximum absolute atomic E-state index is 12.9. The number of primary amides is 1. The molecule has 0 saturated carbocycles. The van der Waals surface area contributed by atoms with E-state index in [9.17, 15) is 9.59 Å². The number of benzene rings is 2. The normalized spacial score (nSPS) is 10.6. The maximum atomic E-state index is 12.9. The number of thiazole rings is 1. The molecular formula is C23H21N5O4S. The average Bonchev–Trinajstić information content (AvgIpc) is 3.46. The Kier molecular flexibility index (Phi) is 6.09. The molecule has 0 aliphatic rings. The highest BCUT2D eigenvalue weighted by Gasteiger charge is 2.18. The molecule has 0 unspecified atom stereocenters. The van der Waals surface area contributed by atoms with Crippen molar-refractivity contribution in [2.75, 3.05) is 19.5 Å². The van der Waals surface area contributed by atoms with E-state index in [0.717, 1.165) is 11.3 Å². The summed E-state index contributed by atoms with van der Waals surface area (Å²) >= 11 is 1.30. The molecule has 168 valence electrons. The van der Waals surface area contributed by atoms with E-state index in [1.807, 2.05) is 12.1 Å². The second-order valence-corrected chi connectivity index (χ2v) is 8.01. The van der Waals surface area contributed by atoms with Gasteiger partial charge in [0.1, 0.15) is 15.6 Å². The molecule has 0 radical (unpaired) electrons. The monoisotopic (exact) mass is 463 g/mol. The number of methoxy groups -OCH3 is 2. The molecule has 4 rings (SSSR count). The molecule has 0 bridgehead atoms. The second kappa shape index (κ2) is 9.13. The predicted octanol–water partition coefficient (Wildman–Crippen LogP) is 3.67. The van der Waals surface area contributed by atoms with E-state index in [0.29, 0.717) is 32.8 Å². The fourth-order valence-corrected chi connectivity index (χ4v) is 4.14. The van der Waals surface area contributed by atoms with Gasteiger partial charge < -0.3 is 20.5 Å². The van der Waals surface area contributed by atoms with Gasteiger partial charge in [0.15, 0.2) is 11.5 Å². The molecule has 10 heteroatoms. The van der Waals surface area contributed by atoms with Crippen molar-refractivity contribution < 1.29 is 19.1 Å². The number of anilines is 1. The van der Waals surface area contributed by atoms with Crippen LogP contribution in [0.4, 0.5) is 5.69 Å². The van der Waals surface area contributed by atoms with E-state index in [2.05, 4.69) is 15.4 Å². The van der Waals surface area contributed by atoms with Crippen LogP contribution in [0.5, 0.6) is 11.5 Å². The third kappa shape index (κ3) is 4.55. The molecule has 0 atom stereocenters. The van der Waals surface area contributed by atoms with Crippen LogP contribution >= 0.6 is 11.3 Å². The van der Waals surface area contributed by atoms with Gasteiger partial charge in [0.2, 0.25) is 0 Å². The number of nitrogens with one attached hydrogen (secondary N) is 1. The molecule has 0 fully saturated rings. The quantitative estimate of drug-likeness (QED) is 0.431. The zero-order valence-electron chi connectivity index (χ0n) is 18.2. The topological polar surface area (TPSA) is 121 Å². The number of aryl methyl sites for hydroxylation is 1. The zero-order valence-corrected chi connectivity index (χ0v) is 19.0. The van der Waals surface area contributed by atoms with Crippen LogP contribution in [-0.2, 0) is 0 Å². The first kappa shape index (κ1) is 22.0. The Hall–Kier alpha value is -4.18. The molecule has 0 saturated heterocycles. The SMILES string of the molecule is COc1ccc(-c2nc(C)c(C(=O)Nc3ccc(-n4ccc(C(N)=O)n4)cc3)s2)cc1OC. The molecule has 0 aliphatic carbocycles. The van der Waals surface area contributed by atoms with E-state index in [1.165, 1.54) is 16.0 Å². The Morgan fingerprint density at radius 3 is 2.39 bits per heavy atom. The first-order valence-corrected chi connectivity index (χ1v) is 10.7. The van der Waals surface area contributed by atoms with E-state index >= 15 is 0 Å². The van der Waals surface area contributed by atoms with E-state index in [-0.39, 0.29) is 11.6 Å². The number of rotatable bonds is 7. The summed E-state index contributed by atoms with van der Waals surface area (Å²) < 4.78 is 12.2. The third-order valence-corrected chi connectivity index (χ3v) is 6.07. The van der Waals surface area contributed by atoms with Crippen molar-refractivity contribution in [2.45, 2.75) is 6.92 Å². The van der Waals surface area contributed by atoms with Crippen LogP contribution in [0, 0.1) is 6.92 Å². The molecule has 2 amide bonds. The molecule has 2 aromatic carbocycles. The van der Waals surface area contributed by atoms with Gasteiger partial charge >= 0.3 is 0 Å². The summed E-state index contributed by atoms with van der Waals surface area (Å²) in [5, 5.41) is 7.71. The van der Waals surface area contributed by atoms with E-state index < -0.39 is 5.91 Å². The highest BCUT2D eigenvalue weighted by atomic mass is 32.1. The van der Waals surface area contributed by atoms with E-state index in [1.54, 1.807) is 63.7 Å². The molecule has 33 heavy (non-hydrogen) atoms. The third-order valence-electron chi connectivity index (χ3n) is 4.86. The average molecular weight is 464 g/mol.